The summed E-state index contributed by atoms with van der Waals surface area (Å²) in [6, 6.07) is 24.9. The van der Waals surface area contributed by atoms with Crippen LogP contribution in [0.2, 0.25) is 0 Å². The highest BCUT2D eigenvalue weighted by Gasteiger charge is 2.15. The van der Waals surface area contributed by atoms with Crippen LogP contribution in [0.5, 0.6) is 23.0 Å². The fraction of sp³-hybridized carbons (Fsp3) is 0.0286. The first-order valence-corrected chi connectivity index (χ1v) is 13.0. The van der Waals surface area contributed by atoms with Gasteiger partial charge in [0.25, 0.3) is 0 Å². The first kappa shape index (κ1) is 28.5. The van der Waals surface area contributed by atoms with Crippen molar-refractivity contribution >= 4 is 45.4 Å². The molecule has 0 saturated carbocycles. The van der Waals surface area contributed by atoms with E-state index in [0.717, 1.165) is 33.7 Å². The minimum atomic E-state index is -0.563. The topological polar surface area (TPSA) is 105 Å². The molecule has 5 rings (SSSR count). The van der Waals surface area contributed by atoms with Crippen LogP contribution < -0.4 is 18.9 Å². The van der Waals surface area contributed by atoms with Crippen LogP contribution in [0.3, 0.4) is 0 Å². The van der Waals surface area contributed by atoms with Crippen molar-refractivity contribution in [2.75, 3.05) is 0 Å². The van der Waals surface area contributed by atoms with Crippen molar-refractivity contribution in [3.8, 4) is 23.0 Å². The molecule has 212 valence electrons. The van der Waals surface area contributed by atoms with E-state index in [0.29, 0.717) is 33.9 Å². The van der Waals surface area contributed by atoms with E-state index in [-0.39, 0.29) is 5.75 Å². The highest BCUT2D eigenvalue weighted by molar-refractivity contribution is 5.98. The lowest BCUT2D eigenvalue weighted by Gasteiger charge is -2.11. The van der Waals surface area contributed by atoms with Gasteiger partial charge in [-0.2, -0.15) is 0 Å². The smallest absolute Gasteiger partial charge is 0.343 e. The average Bonchev–Trinajstić information content (AvgIpc) is 3.01. The standard InChI is InChI=1S/C35H24O8/c1-4-32(36)40-29-12-10-22-17-26(8-6-24(22)19-29)34(38)42-28-14-15-31(21(3)16-28)43-35(39)27-9-7-25-20-30(41-33(37)5-2)13-11-23(25)18-27/h4-20H,1-2H2,3H3. The molecule has 0 amide bonds. The number of hydrogen-bond acceptors (Lipinski definition) is 8. The van der Waals surface area contributed by atoms with Gasteiger partial charge in [-0.15, -0.1) is 0 Å². The summed E-state index contributed by atoms with van der Waals surface area (Å²) in [5, 5.41) is 3.07. The van der Waals surface area contributed by atoms with Crippen molar-refractivity contribution in [1.29, 1.82) is 0 Å². The number of carbonyl (C=O) groups excluding carboxylic acids is 4. The highest BCUT2D eigenvalue weighted by atomic mass is 16.5. The molecular formula is C35H24O8. The van der Waals surface area contributed by atoms with Gasteiger partial charge >= 0.3 is 23.9 Å². The number of aryl methyl sites for hydroxylation is 1. The van der Waals surface area contributed by atoms with E-state index in [2.05, 4.69) is 13.2 Å². The predicted octanol–water partition coefficient (Wildman–Crippen LogP) is 6.92. The molecule has 43 heavy (non-hydrogen) atoms. The van der Waals surface area contributed by atoms with Crippen molar-refractivity contribution in [1.82, 2.24) is 0 Å². The summed E-state index contributed by atoms with van der Waals surface area (Å²) < 4.78 is 21.4. The first-order chi connectivity index (χ1) is 20.7. The molecule has 8 nitrogen and oxygen atoms in total. The second-order valence-electron chi connectivity index (χ2n) is 9.40. The monoisotopic (exact) mass is 572 g/mol. The number of hydrogen-bond donors (Lipinski definition) is 0. The first-order valence-electron chi connectivity index (χ1n) is 13.0. The van der Waals surface area contributed by atoms with Gasteiger partial charge < -0.3 is 18.9 Å². The summed E-state index contributed by atoms with van der Waals surface area (Å²) in [6.45, 7) is 8.49. The molecule has 0 atom stereocenters. The Morgan fingerprint density at radius 3 is 1.42 bits per heavy atom. The summed E-state index contributed by atoms with van der Waals surface area (Å²) in [6.07, 6.45) is 2.16. The number of ether oxygens (including phenoxy) is 4. The van der Waals surface area contributed by atoms with Crippen LogP contribution in [0.4, 0.5) is 0 Å². The van der Waals surface area contributed by atoms with E-state index in [1.165, 1.54) is 0 Å². The van der Waals surface area contributed by atoms with Crippen LogP contribution in [0.15, 0.2) is 116 Å². The third kappa shape index (κ3) is 6.66. The summed E-state index contributed by atoms with van der Waals surface area (Å²) in [4.78, 5) is 48.6. The maximum atomic E-state index is 12.9. The van der Waals surface area contributed by atoms with Crippen molar-refractivity contribution in [3.63, 3.8) is 0 Å². The molecule has 0 aliphatic carbocycles. The molecule has 0 aliphatic rings. The Morgan fingerprint density at radius 2 is 0.930 bits per heavy atom. The Morgan fingerprint density at radius 1 is 0.512 bits per heavy atom. The Balaban J connectivity index is 1.25. The van der Waals surface area contributed by atoms with Crippen molar-refractivity contribution < 1.29 is 38.1 Å². The summed E-state index contributed by atoms with van der Waals surface area (Å²) >= 11 is 0. The molecule has 0 saturated heterocycles. The van der Waals surface area contributed by atoms with Crippen LogP contribution in [-0.2, 0) is 9.59 Å². The fourth-order valence-corrected chi connectivity index (χ4v) is 4.27. The van der Waals surface area contributed by atoms with E-state index < -0.39 is 23.9 Å². The molecule has 0 N–H and O–H groups in total. The second-order valence-corrected chi connectivity index (χ2v) is 9.40. The maximum absolute atomic E-state index is 12.9. The second kappa shape index (κ2) is 12.2. The Bertz CT molecular complexity index is 1950. The van der Waals surface area contributed by atoms with Gasteiger partial charge in [-0.25, -0.2) is 19.2 Å². The third-order valence-corrected chi connectivity index (χ3v) is 6.42. The summed E-state index contributed by atoms with van der Waals surface area (Å²) in [5.41, 5.74) is 1.26. The Kier molecular flexibility index (Phi) is 8.11. The van der Waals surface area contributed by atoms with E-state index in [1.807, 2.05) is 0 Å². The summed E-state index contributed by atoms with van der Waals surface area (Å²) in [5.74, 6) is -0.909. The van der Waals surface area contributed by atoms with Crippen LogP contribution in [0.1, 0.15) is 26.3 Å². The van der Waals surface area contributed by atoms with Crippen molar-refractivity contribution in [2.24, 2.45) is 0 Å². The molecule has 8 heteroatoms. The van der Waals surface area contributed by atoms with E-state index >= 15 is 0 Å². The zero-order valence-electron chi connectivity index (χ0n) is 23.0. The molecule has 5 aromatic carbocycles. The van der Waals surface area contributed by atoms with Crippen molar-refractivity contribution in [3.05, 3.63) is 133 Å². The Labute approximate surface area is 246 Å². The van der Waals surface area contributed by atoms with Gasteiger partial charge in [-0.1, -0.05) is 37.4 Å². The van der Waals surface area contributed by atoms with Gasteiger partial charge in [0.05, 0.1) is 11.1 Å². The zero-order valence-corrected chi connectivity index (χ0v) is 23.0. The van der Waals surface area contributed by atoms with Crippen LogP contribution in [0, 0.1) is 6.92 Å². The lowest BCUT2D eigenvalue weighted by Crippen LogP contribution is -2.10. The minimum Gasteiger partial charge on any atom is -0.423 e. The number of carbonyl (C=O) groups is 4. The normalized spacial score (nSPS) is 10.5. The van der Waals surface area contributed by atoms with Crippen LogP contribution in [0.25, 0.3) is 21.5 Å². The molecule has 0 bridgehead atoms. The molecule has 0 heterocycles. The average molecular weight is 573 g/mol. The largest absolute Gasteiger partial charge is 0.423 e. The van der Waals surface area contributed by atoms with Gasteiger partial charge in [0.2, 0.25) is 0 Å². The minimum absolute atomic E-state index is 0.285. The number of rotatable bonds is 8. The van der Waals surface area contributed by atoms with Gasteiger partial charge in [0.15, 0.2) is 0 Å². The molecule has 0 radical (unpaired) electrons. The maximum Gasteiger partial charge on any atom is 0.343 e. The van der Waals surface area contributed by atoms with Crippen LogP contribution in [-0.4, -0.2) is 23.9 Å². The quantitative estimate of drug-likeness (QED) is 0.112. The molecule has 0 aliphatic heterocycles. The molecule has 0 fully saturated rings. The van der Waals surface area contributed by atoms with Gasteiger partial charge in [-0.3, -0.25) is 0 Å². The van der Waals surface area contributed by atoms with E-state index in [9.17, 15) is 19.2 Å². The number of benzene rings is 5. The lowest BCUT2D eigenvalue weighted by atomic mass is 10.1. The SMILES string of the molecule is C=CC(=O)Oc1ccc2cc(C(=O)Oc3ccc(OC(=O)c4ccc5cc(OC(=O)C=C)ccc5c4)c(C)c3)ccc2c1. The number of esters is 4. The Hall–Kier alpha value is -6.02. The van der Waals surface area contributed by atoms with Crippen LogP contribution >= 0.6 is 0 Å². The molecule has 0 spiro atoms. The number of fused-ring (bicyclic) bond motifs is 2. The van der Waals surface area contributed by atoms with E-state index in [1.54, 1.807) is 97.9 Å². The van der Waals surface area contributed by atoms with Gasteiger partial charge in [-0.05, 0) is 101 Å². The molecule has 5 aromatic rings. The summed E-state index contributed by atoms with van der Waals surface area (Å²) in [7, 11) is 0. The molecule has 0 aromatic heterocycles. The molecule has 0 unspecified atom stereocenters. The predicted molar refractivity (Wildman–Crippen MR) is 161 cm³/mol. The highest BCUT2D eigenvalue weighted by Crippen LogP contribution is 2.28. The third-order valence-electron chi connectivity index (χ3n) is 6.42. The van der Waals surface area contributed by atoms with E-state index in [4.69, 9.17) is 18.9 Å². The van der Waals surface area contributed by atoms with Gasteiger partial charge in [0, 0.05) is 12.2 Å². The van der Waals surface area contributed by atoms with Crippen molar-refractivity contribution in [2.45, 2.75) is 6.92 Å². The fourth-order valence-electron chi connectivity index (χ4n) is 4.27. The van der Waals surface area contributed by atoms with Gasteiger partial charge in [0.1, 0.15) is 23.0 Å². The molecular weight excluding hydrogens is 548 g/mol. The lowest BCUT2D eigenvalue weighted by molar-refractivity contribution is -0.129. The zero-order chi connectivity index (χ0) is 30.5.